The minimum Gasteiger partial charge on any atom is -0.353 e. The Kier molecular flexibility index (Phi) is 5.54. The number of nitrogens with one attached hydrogen (secondary N) is 1. The molecule has 1 fully saturated rings. The first-order valence-electron chi connectivity index (χ1n) is 7.32. The topological polar surface area (TPSA) is 44.3 Å². The van der Waals surface area contributed by atoms with Gasteiger partial charge in [0.25, 0.3) is 0 Å². The number of anilines is 1. The zero-order valence-electron chi connectivity index (χ0n) is 12.1. The van der Waals surface area contributed by atoms with Gasteiger partial charge in [0.2, 0.25) is 0 Å². The molecule has 1 aromatic heterocycles. The van der Waals surface area contributed by atoms with Gasteiger partial charge in [-0.25, -0.2) is 4.98 Å². The van der Waals surface area contributed by atoms with E-state index in [1.165, 1.54) is 13.0 Å². The van der Waals surface area contributed by atoms with Gasteiger partial charge in [0.15, 0.2) is 0 Å². The molecule has 0 atom stereocenters. The summed E-state index contributed by atoms with van der Waals surface area (Å²) in [4.78, 5) is 13.9. The SMILES string of the molecule is CCCN1CCN(c2cncc(CNCC)n2)CC1. The minimum absolute atomic E-state index is 0.799. The molecule has 2 rings (SSSR count). The van der Waals surface area contributed by atoms with E-state index in [-0.39, 0.29) is 0 Å². The third-order valence-corrected chi connectivity index (χ3v) is 3.46. The second-order valence-electron chi connectivity index (χ2n) is 4.98. The maximum Gasteiger partial charge on any atom is 0.147 e. The van der Waals surface area contributed by atoms with Crippen LogP contribution in [0.2, 0.25) is 0 Å². The second kappa shape index (κ2) is 7.40. The maximum absolute atomic E-state index is 4.69. The number of rotatable bonds is 6. The first kappa shape index (κ1) is 14.2. The van der Waals surface area contributed by atoms with Gasteiger partial charge in [-0.2, -0.15) is 0 Å². The quantitative estimate of drug-likeness (QED) is 0.833. The largest absolute Gasteiger partial charge is 0.353 e. The average Bonchev–Trinajstić information content (AvgIpc) is 2.46. The van der Waals surface area contributed by atoms with Gasteiger partial charge in [-0.3, -0.25) is 9.88 Å². The Bertz CT molecular complexity index is 374. The van der Waals surface area contributed by atoms with Crippen LogP contribution in [0.25, 0.3) is 0 Å². The molecule has 0 radical (unpaired) electrons. The Morgan fingerprint density at radius 3 is 2.63 bits per heavy atom. The van der Waals surface area contributed by atoms with E-state index in [0.29, 0.717) is 0 Å². The van der Waals surface area contributed by atoms with Crippen molar-refractivity contribution in [3.63, 3.8) is 0 Å². The lowest BCUT2D eigenvalue weighted by Crippen LogP contribution is -2.46. The molecule has 1 aliphatic heterocycles. The molecule has 1 N–H and O–H groups in total. The molecule has 1 aliphatic rings. The Morgan fingerprint density at radius 1 is 1.16 bits per heavy atom. The van der Waals surface area contributed by atoms with Crippen molar-refractivity contribution in [3.8, 4) is 0 Å². The predicted octanol–water partition coefficient (Wildman–Crippen LogP) is 1.12. The van der Waals surface area contributed by atoms with Crippen LogP contribution in [0.15, 0.2) is 12.4 Å². The summed E-state index contributed by atoms with van der Waals surface area (Å²) in [6.07, 6.45) is 4.96. The van der Waals surface area contributed by atoms with E-state index < -0.39 is 0 Å². The fourth-order valence-corrected chi connectivity index (χ4v) is 2.40. The highest BCUT2D eigenvalue weighted by Gasteiger charge is 2.17. The fourth-order valence-electron chi connectivity index (χ4n) is 2.40. The summed E-state index contributed by atoms with van der Waals surface area (Å²) in [6, 6.07) is 0. The smallest absolute Gasteiger partial charge is 0.147 e. The lowest BCUT2D eigenvalue weighted by atomic mass is 10.3. The minimum atomic E-state index is 0.799. The van der Waals surface area contributed by atoms with Crippen LogP contribution in [-0.2, 0) is 6.54 Å². The van der Waals surface area contributed by atoms with Gasteiger partial charge in [0.05, 0.1) is 11.9 Å². The van der Waals surface area contributed by atoms with Gasteiger partial charge in [-0.05, 0) is 19.5 Å². The Morgan fingerprint density at radius 2 is 1.95 bits per heavy atom. The van der Waals surface area contributed by atoms with E-state index in [4.69, 9.17) is 0 Å². The van der Waals surface area contributed by atoms with Gasteiger partial charge in [-0.1, -0.05) is 13.8 Å². The van der Waals surface area contributed by atoms with E-state index in [1.54, 1.807) is 0 Å². The molecule has 0 amide bonds. The van der Waals surface area contributed by atoms with E-state index in [0.717, 1.165) is 50.8 Å². The molecular formula is C14H25N5. The van der Waals surface area contributed by atoms with E-state index in [9.17, 15) is 0 Å². The highest BCUT2D eigenvalue weighted by atomic mass is 15.3. The van der Waals surface area contributed by atoms with Crippen molar-refractivity contribution in [2.45, 2.75) is 26.8 Å². The molecule has 2 heterocycles. The molecule has 106 valence electrons. The van der Waals surface area contributed by atoms with Crippen LogP contribution in [-0.4, -0.2) is 54.1 Å². The third kappa shape index (κ3) is 4.14. The summed E-state index contributed by atoms with van der Waals surface area (Å²) < 4.78 is 0. The number of aromatic nitrogens is 2. The van der Waals surface area contributed by atoms with Crippen molar-refractivity contribution < 1.29 is 0 Å². The molecule has 0 aromatic carbocycles. The lowest BCUT2D eigenvalue weighted by Gasteiger charge is -2.35. The Hall–Kier alpha value is -1.20. The van der Waals surface area contributed by atoms with Gasteiger partial charge in [-0.15, -0.1) is 0 Å². The van der Waals surface area contributed by atoms with Crippen LogP contribution >= 0.6 is 0 Å². The maximum atomic E-state index is 4.69. The number of hydrogen-bond donors (Lipinski definition) is 1. The third-order valence-electron chi connectivity index (χ3n) is 3.46. The van der Waals surface area contributed by atoms with Crippen LogP contribution in [0.1, 0.15) is 26.0 Å². The molecule has 1 aromatic rings. The summed E-state index contributed by atoms with van der Waals surface area (Å²) in [7, 11) is 0. The number of piperazine rings is 1. The molecule has 1 saturated heterocycles. The van der Waals surface area contributed by atoms with Crippen molar-refractivity contribution in [1.82, 2.24) is 20.2 Å². The first-order valence-corrected chi connectivity index (χ1v) is 7.32. The summed E-state index contributed by atoms with van der Waals surface area (Å²) in [5, 5.41) is 3.29. The molecule has 5 nitrogen and oxygen atoms in total. The highest BCUT2D eigenvalue weighted by molar-refractivity contribution is 5.37. The molecule has 0 aliphatic carbocycles. The monoisotopic (exact) mass is 263 g/mol. The Labute approximate surface area is 116 Å². The summed E-state index contributed by atoms with van der Waals surface area (Å²) in [5.41, 5.74) is 1.02. The average molecular weight is 263 g/mol. The van der Waals surface area contributed by atoms with Crippen LogP contribution in [0.5, 0.6) is 0 Å². The molecule has 19 heavy (non-hydrogen) atoms. The molecular weight excluding hydrogens is 238 g/mol. The standard InChI is InChI=1S/C14H25N5/c1-3-5-18-6-8-19(9-7-18)14-12-16-11-13(17-14)10-15-4-2/h11-12,15H,3-10H2,1-2H3. The van der Waals surface area contributed by atoms with E-state index in [2.05, 4.69) is 38.9 Å². The molecule has 0 unspecified atom stereocenters. The Balaban J connectivity index is 1.91. The number of hydrogen-bond acceptors (Lipinski definition) is 5. The van der Waals surface area contributed by atoms with E-state index in [1.807, 2.05) is 12.4 Å². The zero-order chi connectivity index (χ0) is 13.5. The molecule has 0 spiro atoms. The first-order chi connectivity index (χ1) is 9.33. The van der Waals surface area contributed by atoms with Crippen molar-refractivity contribution in [3.05, 3.63) is 18.1 Å². The van der Waals surface area contributed by atoms with Gasteiger partial charge in [0.1, 0.15) is 5.82 Å². The van der Waals surface area contributed by atoms with Crippen molar-refractivity contribution in [1.29, 1.82) is 0 Å². The van der Waals surface area contributed by atoms with Crippen molar-refractivity contribution in [2.75, 3.05) is 44.2 Å². The number of nitrogens with zero attached hydrogens (tertiary/aromatic N) is 4. The van der Waals surface area contributed by atoms with Gasteiger partial charge < -0.3 is 10.2 Å². The van der Waals surface area contributed by atoms with Crippen LogP contribution in [0.4, 0.5) is 5.82 Å². The van der Waals surface area contributed by atoms with Crippen molar-refractivity contribution in [2.24, 2.45) is 0 Å². The lowest BCUT2D eigenvalue weighted by molar-refractivity contribution is 0.258. The molecule has 0 bridgehead atoms. The normalized spacial score (nSPS) is 16.8. The van der Waals surface area contributed by atoms with E-state index >= 15 is 0 Å². The van der Waals surface area contributed by atoms with Crippen molar-refractivity contribution >= 4 is 5.82 Å². The van der Waals surface area contributed by atoms with Crippen LogP contribution < -0.4 is 10.2 Å². The van der Waals surface area contributed by atoms with Gasteiger partial charge >= 0.3 is 0 Å². The van der Waals surface area contributed by atoms with Gasteiger partial charge in [0, 0.05) is 38.9 Å². The predicted molar refractivity (Wildman–Crippen MR) is 78.4 cm³/mol. The molecule has 0 saturated carbocycles. The van der Waals surface area contributed by atoms with Crippen LogP contribution in [0.3, 0.4) is 0 Å². The summed E-state index contributed by atoms with van der Waals surface area (Å²) in [6.45, 7) is 11.7. The highest BCUT2D eigenvalue weighted by Crippen LogP contribution is 2.13. The summed E-state index contributed by atoms with van der Waals surface area (Å²) >= 11 is 0. The molecule has 5 heteroatoms. The summed E-state index contributed by atoms with van der Waals surface area (Å²) in [5.74, 6) is 1.02. The second-order valence-corrected chi connectivity index (χ2v) is 4.98. The van der Waals surface area contributed by atoms with Crippen LogP contribution in [0, 0.1) is 0 Å². The fraction of sp³-hybridized carbons (Fsp3) is 0.714. The zero-order valence-corrected chi connectivity index (χ0v) is 12.1.